The van der Waals surface area contributed by atoms with Gasteiger partial charge in [-0.05, 0) is 76.9 Å². The summed E-state index contributed by atoms with van der Waals surface area (Å²) in [4.78, 5) is 10.6. The van der Waals surface area contributed by atoms with Crippen LogP contribution in [0.15, 0.2) is 206 Å². The number of fused-ring (bicyclic) bond motifs is 6. The van der Waals surface area contributed by atoms with Gasteiger partial charge >= 0.3 is 0 Å². The molecule has 3 aromatic heterocycles. The SMILES string of the molecule is c1ccc(-c2cc(-c3ccccc3)nc(-n3c4ccccc4c4cc(-c5ccc6c(c5)c5ccccc5n6-c5ccccc5)c(-c5ccccc5)cc43)n2)cc1. The Morgan fingerprint density at radius 3 is 1.36 bits per heavy atom. The molecule has 4 heteroatoms. The number of nitrogens with zero attached hydrogens (tertiary/aromatic N) is 4. The molecule has 0 N–H and O–H groups in total. The van der Waals surface area contributed by atoms with Crippen LogP contribution in [0.3, 0.4) is 0 Å². The largest absolute Gasteiger partial charge is 0.309 e. The van der Waals surface area contributed by atoms with Crippen LogP contribution in [0.5, 0.6) is 0 Å². The first-order chi connectivity index (χ1) is 27.8. The molecule has 0 amide bonds. The molecule has 0 fully saturated rings. The average molecular weight is 715 g/mol. The Morgan fingerprint density at radius 1 is 0.286 bits per heavy atom. The lowest BCUT2D eigenvalue weighted by Crippen LogP contribution is -2.04. The van der Waals surface area contributed by atoms with Crippen molar-refractivity contribution in [2.75, 3.05) is 0 Å². The number of hydrogen-bond acceptors (Lipinski definition) is 2. The first-order valence-corrected chi connectivity index (χ1v) is 19.0. The Hall–Kier alpha value is -7.56. The quantitative estimate of drug-likeness (QED) is 0.172. The summed E-state index contributed by atoms with van der Waals surface area (Å²) in [5.41, 5.74) is 14.1. The maximum atomic E-state index is 5.29. The van der Waals surface area contributed by atoms with E-state index in [1.165, 1.54) is 32.9 Å². The standard InChI is InChI=1S/C52H34N4/c1-5-17-35(18-6-1)43-33-51-45(32-42(43)38-29-30-50-44(31-38)40-25-13-15-27-48(40)55(50)39-23-11-4-12-24-39)41-26-14-16-28-49(41)56(51)52-53-46(36-19-7-2-8-20-36)34-47(54-52)37-21-9-3-10-22-37/h1-34H. The van der Waals surface area contributed by atoms with Crippen LogP contribution in [0, 0.1) is 0 Å². The van der Waals surface area contributed by atoms with Gasteiger partial charge in [-0.3, -0.25) is 4.57 Å². The molecular formula is C52H34N4. The molecule has 0 saturated carbocycles. The van der Waals surface area contributed by atoms with Crippen LogP contribution < -0.4 is 0 Å². The fraction of sp³-hybridized carbons (Fsp3) is 0. The molecule has 11 rings (SSSR count). The molecule has 0 unspecified atom stereocenters. The number of rotatable bonds is 6. The normalized spacial score (nSPS) is 11.6. The number of aromatic nitrogens is 4. The van der Waals surface area contributed by atoms with E-state index in [2.05, 4.69) is 203 Å². The Morgan fingerprint density at radius 2 is 0.750 bits per heavy atom. The minimum absolute atomic E-state index is 0.637. The second kappa shape index (κ2) is 13.1. The van der Waals surface area contributed by atoms with Crippen molar-refractivity contribution in [1.82, 2.24) is 19.1 Å². The topological polar surface area (TPSA) is 35.6 Å². The first-order valence-electron chi connectivity index (χ1n) is 19.0. The highest BCUT2D eigenvalue weighted by atomic mass is 15.2. The molecule has 0 radical (unpaired) electrons. The second-order valence-corrected chi connectivity index (χ2v) is 14.2. The molecule has 8 aromatic carbocycles. The highest BCUT2D eigenvalue weighted by Gasteiger charge is 2.21. The summed E-state index contributed by atoms with van der Waals surface area (Å²) in [5, 5.41) is 4.76. The van der Waals surface area contributed by atoms with Crippen molar-refractivity contribution in [3.05, 3.63) is 206 Å². The van der Waals surface area contributed by atoms with E-state index in [9.17, 15) is 0 Å². The van der Waals surface area contributed by atoms with Crippen molar-refractivity contribution in [2.24, 2.45) is 0 Å². The highest BCUT2D eigenvalue weighted by molar-refractivity contribution is 6.14. The fourth-order valence-corrected chi connectivity index (χ4v) is 8.37. The van der Waals surface area contributed by atoms with E-state index in [1.807, 2.05) is 12.1 Å². The minimum Gasteiger partial charge on any atom is -0.309 e. The zero-order chi connectivity index (χ0) is 37.0. The molecule has 3 heterocycles. The molecule has 0 bridgehead atoms. The third kappa shape index (κ3) is 5.23. The zero-order valence-electron chi connectivity index (χ0n) is 30.4. The molecule has 4 nitrogen and oxygen atoms in total. The second-order valence-electron chi connectivity index (χ2n) is 14.2. The Balaban J connectivity index is 1.19. The minimum atomic E-state index is 0.637. The van der Waals surface area contributed by atoms with Crippen molar-refractivity contribution in [3.8, 4) is 56.4 Å². The molecule has 0 aliphatic heterocycles. The summed E-state index contributed by atoms with van der Waals surface area (Å²) in [7, 11) is 0. The highest BCUT2D eigenvalue weighted by Crippen LogP contribution is 2.43. The van der Waals surface area contributed by atoms with Gasteiger partial charge in [0.05, 0.1) is 33.5 Å². The molecule has 0 atom stereocenters. The van der Waals surface area contributed by atoms with E-state index in [0.717, 1.165) is 61.1 Å². The van der Waals surface area contributed by atoms with E-state index >= 15 is 0 Å². The third-order valence-corrected chi connectivity index (χ3v) is 10.9. The average Bonchev–Trinajstić information content (AvgIpc) is 3.79. The molecule has 262 valence electrons. The molecular weight excluding hydrogens is 681 g/mol. The zero-order valence-corrected chi connectivity index (χ0v) is 30.4. The van der Waals surface area contributed by atoms with E-state index < -0.39 is 0 Å². The van der Waals surface area contributed by atoms with E-state index in [0.29, 0.717) is 5.95 Å². The van der Waals surface area contributed by atoms with Gasteiger partial charge in [-0.25, -0.2) is 9.97 Å². The monoisotopic (exact) mass is 714 g/mol. The Labute approximate surface area is 324 Å². The van der Waals surface area contributed by atoms with Crippen molar-refractivity contribution in [3.63, 3.8) is 0 Å². The lowest BCUT2D eigenvalue weighted by molar-refractivity contribution is 0.996. The summed E-state index contributed by atoms with van der Waals surface area (Å²) in [6.07, 6.45) is 0. The first kappa shape index (κ1) is 31.9. The van der Waals surface area contributed by atoms with Gasteiger partial charge in [-0.15, -0.1) is 0 Å². The van der Waals surface area contributed by atoms with Crippen LogP contribution in [0.25, 0.3) is 100 Å². The predicted octanol–water partition coefficient (Wildman–Crippen LogP) is 13.3. The van der Waals surface area contributed by atoms with E-state index in [-0.39, 0.29) is 0 Å². The third-order valence-electron chi connectivity index (χ3n) is 10.9. The number of para-hydroxylation sites is 3. The Kier molecular flexibility index (Phi) is 7.46. The van der Waals surface area contributed by atoms with Gasteiger partial charge in [0.25, 0.3) is 0 Å². The van der Waals surface area contributed by atoms with Gasteiger partial charge in [0, 0.05) is 38.4 Å². The maximum absolute atomic E-state index is 5.29. The number of benzene rings is 8. The van der Waals surface area contributed by atoms with Crippen LogP contribution in [0.2, 0.25) is 0 Å². The summed E-state index contributed by atoms with van der Waals surface area (Å²) in [6.45, 7) is 0. The molecule has 0 spiro atoms. The van der Waals surface area contributed by atoms with Crippen LogP contribution >= 0.6 is 0 Å². The lowest BCUT2D eigenvalue weighted by Gasteiger charge is -2.15. The van der Waals surface area contributed by atoms with Gasteiger partial charge in [-0.2, -0.15) is 0 Å². The van der Waals surface area contributed by atoms with Crippen molar-refractivity contribution in [1.29, 1.82) is 0 Å². The van der Waals surface area contributed by atoms with Gasteiger partial charge in [0.1, 0.15) is 0 Å². The van der Waals surface area contributed by atoms with Crippen molar-refractivity contribution in [2.45, 2.75) is 0 Å². The lowest BCUT2D eigenvalue weighted by atomic mass is 9.92. The van der Waals surface area contributed by atoms with E-state index in [1.54, 1.807) is 0 Å². The molecule has 0 aliphatic carbocycles. The van der Waals surface area contributed by atoms with E-state index in [4.69, 9.17) is 9.97 Å². The summed E-state index contributed by atoms with van der Waals surface area (Å²) in [6, 6.07) is 73.3. The summed E-state index contributed by atoms with van der Waals surface area (Å²) < 4.78 is 4.62. The van der Waals surface area contributed by atoms with Crippen molar-refractivity contribution >= 4 is 43.6 Å². The number of hydrogen-bond donors (Lipinski definition) is 0. The Bertz CT molecular complexity index is 3160. The van der Waals surface area contributed by atoms with Crippen LogP contribution in [-0.2, 0) is 0 Å². The summed E-state index contributed by atoms with van der Waals surface area (Å²) >= 11 is 0. The van der Waals surface area contributed by atoms with Gasteiger partial charge in [-0.1, -0.05) is 152 Å². The van der Waals surface area contributed by atoms with Gasteiger partial charge < -0.3 is 4.57 Å². The molecule has 0 aliphatic rings. The fourth-order valence-electron chi connectivity index (χ4n) is 8.37. The smallest absolute Gasteiger partial charge is 0.235 e. The molecule has 11 aromatic rings. The van der Waals surface area contributed by atoms with Crippen LogP contribution in [0.4, 0.5) is 0 Å². The maximum Gasteiger partial charge on any atom is 0.235 e. The molecule has 0 saturated heterocycles. The van der Waals surface area contributed by atoms with Gasteiger partial charge in [0.15, 0.2) is 0 Å². The molecule has 56 heavy (non-hydrogen) atoms. The van der Waals surface area contributed by atoms with Crippen molar-refractivity contribution < 1.29 is 0 Å². The summed E-state index contributed by atoms with van der Waals surface area (Å²) in [5.74, 6) is 0.637. The van der Waals surface area contributed by atoms with Crippen LogP contribution in [0.1, 0.15) is 0 Å². The predicted molar refractivity (Wildman–Crippen MR) is 232 cm³/mol. The van der Waals surface area contributed by atoms with Gasteiger partial charge in [0.2, 0.25) is 5.95 Å². The van der Waals surface area contributed by atoms with Crippen LogP contribution in [-0.4, -0.2) is 19.1 Å².